The number of ketones is 1. The number of anilines is 1. The van der Waals surface area contributed by atoms with E-state index < -0.39 is 18.5 Å². The van der Waals surface area contributed by atoms with Crippen molar-refractivity contribution in [3.8, 4) is 0 Å². The number of halogens is 2. The van der Waals surface area contributed by atoms with Gasteiger partial charge in [-0.05, 0) is 38.1 Å². The van der Waals surface area contributed by atoms with Gasteiger partial charge in [0.05, 0.1) is 17.1 Å². The monoisotopic (exact) mass is 413 g/mol. The van der Waals surface area contributed by atoms with Crippen LogP contribution in [0.25, 0.3) is 0 Å². The lowest BCUT2D eigenvalue weighted by Crippen LogP contribution is -2.21. The van der Waals surface area contributed by atoms with Gasteiger partial charge < -0.3 is 10.1 Å². The fourth-order valence-corrected chi connectivity index (χ4v) is 3.54. The lowest BCUT2D eigenvalue weighted by molar-refractivity contribution is -0.147. The Hall–Kier alpha value is -1.89. The zero-order valence-corrected chi connectivity index (χ0v) is 16.6. The molecule has 1 heterocycles. The number of hydrogen-bond donors (Lipinski definition) is 1. The molecular formula is C18H17Cl2NO4S. The predicted octanol–water partition coefficient (Wildman–Crippen LogP) is 4.82. The van der Waals surface area contributed by atoms with E-state index in [-0.39, 0.29) is 18.6 Å². The molecule has 5 nitrogen and oxygen atoms in total. The predicted molar refractivity (Wildman–Crippen MR) is 103 cm³/mol. The van der Waals surface area contributed by atoms with Gasteiger partial charge in [0.2, 0.25) is 0 Å². The first kappa shape index (κ1) is 20.4. The minimum atomic E-state index is -0.615. The van der Waals surface area contributed by atoms with E-state index in [0.29, 0.717) is 21.3 Å². The Labute approximate surface area is 165 Å². The molecule has 0 fully saturated rings. The molecule has 138 valence electrons. The summed E-state index contributed by atoms with van der Waals surface area (Å²) in [6, 6.07) is 6.45. The maximum atomic E-state index is 12.1. The number of benzene rings is 1. The van der Waals surface area contributed by atoms with E-state index in [4.69, 9.17) is 27.9 Å². The summed E-state index contributed by atoms with van der Waals surface area (Å²) in [6.07, 6.45) is -0.0457. The number of amides is 1. The van der Waals surface area contributed by atoms with Gasteiger partial charge in [-0.1, -0.05) is 23.2 Å². The molecule has 1 aromatic carbocycles. The standard InChI is InChI=1S/C18H17Cl2NO4S/c1-10-7-13(11(2)26-10)16(22)5-6-18(24)25-9-17(23)21-15-8-12(19)3-4-14(15)20/h3-4,7-8H,5-6,9H2,1-2H3,(H,21,23). The van der Waals surface area contributed by atoms with Gasteiger partial charge in [-0.25, -0.2) is 0 Å². The number of carbonyl (C=O) groups is 3. The number of Topliss-reactive ketones (excluding diaryl/α,β-unsaturated/α-hetero) is 1. The molecule has 0 spiro atoms. The van der Waals surface area contributed by atoms with Crippen LogP contribution in [0.15, 0.2) is 24.3 Å². The summed E-state index contributed by atoms with van der Waals surface area (Å²) >= 11 is 13.3. The number of thiophene rings is 1. The second-order valence-corrected chi connectivity index (χ2v) is 7.89. The molecule has 0 saturated carbocycles. The summed E-state index contributed by atoms with van der Waals surface area (Å²) < 4.78 is 4.89. The maximum Gasteiger partial charge on any atom is 0.306 e. The van der Waals surface area contributed by atoms with Gasteiger partial charge in [-0.15, -0.1) is 11.3 Å². The summed E-state index contributed by atoms with van der Waals surface area (Å²) in [5.41, 5.74) is 0.965. The molecule has 0 atom stereocenters. The molecule has 0 bridgehead atoms. The number of hydrogen-bond acceptors (Lipinski definition) is 5. The van der Waals surface area contributed by atoms with Crippen LogP contribution >= 0.6 is 34.5 Å². The van der Waals surface area contributed by atoms with Gasteiger partial charge in [0, 0.05) is 26.8 Å². The largest absolute Gasteiger partial charge is 0.456 e. The van der Waals surface area contributed by atoms with Crippen molar-refractivity contribution in [2.45, 2.75) is 26.7 Å². The van der Waals surface area contributed by atoms with Crippen molar-refractivity contribution in [1.29, 1.82) is 0 Å². The van der Waals surface area contributed by atoms with E-state index in [1.807, 2.05) is 19.9 Å². The lowest BCUT2D eigenvalue weighted by Gasteiger charge is -2.08. The van der Waals surface area contributed by atoms with Crippen LogP contribution in [0, 0.1) is 13.8 Å². The molecule has 1 amide bonds. The van der Waals surface area contributed by atoms with Gasteiger partial charge in [0.1, 0.15) is 0 Å². The highest BCUT2D eigenvalue weighted by Gasteiger charge is 2.15. The third kappa shape index (κ3) is 5.83. The number of esters is 1. The SMILES string of the molecule is Cc1cc(C(=O)CCC(=O)OCC(=O)Nc2cc(Cl)ccc2Cl)c(C)s1. The smallest absolute Gasteiger partial charge is 0.306 e. The van der Waals surface area contributed by atoms with E-state index in [0.717, 1.165) is 9.75 Å². The van der Waals surface area contributed by atoms with Crippen molar-refractivity contribution in [3.63, 3.8) is 0 Å². The molecule has 1 aromatic heterocycles. The van der Waals surface area contributed by atoms with E-state index in [2.05, 4.69) is 5.32 Å². The zero-order chi connectivity index (χ0) is 19.3. The average Bonchev–Trinajstić information content (AvgIpc) is 2.92. The normalized spacial score (nSPS) is 10.5. The van der Waals surface area contributed by atoms with Gasteiger partial charge >= 0.3 is 5.97 Å². The molecule has 0 aliphatic carbocycles. The van der Waals surface area contributed by atoms with E-state index in [1.54, 1.807) is 12.1 Å². The Morgan fingerprint density at radius 3 is 2.50 bits per heavy atom. The van der Waals surface area contributed by atoms with Crippen LogP contribution in [0.5, 0.6) is 0 Å². The maximum absolute atomic E-state index is 12.1. The average molecular weight is 414 g/mol. The first-order chi connectivity index (χ1) is 12.3. The highest BCUT2D eigenvalue weighted by molar-refractivity contribution is 7.12. The van der Waals surface area contributed by atoms with E-state index >= 15 is 0 Å². The van der Waals surface area contributed by atoms with Gasteiger partial charge in [-0.3, -0.25) is 14.4 Å². The van der Waals surface area contributed by atoms with Crippen LogP contribution in [0.2, 0.25) is 10.0 Å². The molecule has 0 aliphatic heterocycles. The number of carbonyl (C=O) groups excluding carboxylic acids is 3. The highest BCUT2D eigenvalue weighted by Crippen LogP contribution is 2.25. The Bertz CT molecular complexity index is 848. The fraction of sp³-hybridized carbons (Fsp3) is 0.278. The topological polar surface area (TPSA) is 72.5 Å². The minimum Gasteiger partial charge on any atom is -0.456 e. The quantitative estimate of drug-likeness (QED) is 0.521. The van der Waals surface area contributed by atoms with Crippen molar-refractivity contribution in [1.82, 2.24) is 0 Å². The molecule has 8 heteroatoms. The molecule has 0 radical (unpaired) electrons. The fourth-order valence-electron chi connectivity index (χ4n) is 2.26. The highest BCUT2D eigenvalue weighted by atomic mass is 35.5. The summed E-state index contributed by atoms with van der Waals surface area (Å²) in [6.45, 7) is 3.33. The van der Waals surface area contributed by atoms with Crippen molar-refractivity contribution in [3.05, 3.63) is 49.6 Å². The summed E-state index contributed by atoms with van der Waals surface area (Å²) in [5, 5.41) is 3.25. The van der Waals surface area contributed by atoms with Gasteiger partial charge in [0.15, 0.2) is 12.4 Å². The summed E-state index contributed by atoms with van der Waals surface area (Å²) in [7, 11) is 0. The first-order valence-corrected chi connectivity index (χ1v) is 9.34. The second kappa shape index (κ2) is 9.16. The zero-order valence-electron chi connectivity index (χ0n) is 14.2. The minimum absolute atomic E-state index is 0.0393. The third-order valence-electron chi connectivity index (χ3n) is 3.46. The molecule has 0 aliphatic rings. The molecule has 0 saturated heterocycles. The molecule has 0 unspecified atom stereocenters. The van der Waals surface area contributed by atoms with Crippen LogP contribution in [0.1, 0.15) is 33.0 Å². The van der Waals surface area contributed by atoms with Crippen LogP contribution in [-0.4, -0.2) is 24.3 Å². The summed E-state index contributed by atoms with van der Waals surface area (Å²) in [4.78, 5) is 37.7. The Kier molecular flexibility index (Phi) is 7.20. The number of aryl methyl sites for hydroxylation is 2. The van der Waals surface area contributed by atoms with E-state index in [9.17, 15) is 14.4 Å². The lowest BCUT2D eigenvalue weighted by atomic mass is 10.1. The van der Waals surface area contributed by atoms with Crippen LogP contribution in [0.3, 0.4) is 0 Å². The van der Waals surface area contributed by atoms with E-state index in [1.165, 1.54) is 17.4 Å². The molecule has 26 heavy (non-hydrogen) atoms. The molecule has 2 rings (SSSR count). The van der Waals surface area contributed by atoms with Crippen molar-refractivity contribution < 1.29 is 19.1 Å². The first-order valence-electron chi connectivity index (χ1n) is 7.77. The van der Waals surface area contributed by atoms with Gasteiger partial charge in [-0.2, -0.15) is 0 Å². The van der Waals surface area contributed by atoms with Crippen molar-refractivity contribution >= 4 is 57.9 Å². The Morgan fingerprint density at radius 1 is 1.12 bits per heavy atom. The van der Waals surface area contributed by atoms with Crippen molar-refractivity contribution in [2.75, 3.05) is 11.9 Å². The van der Waals surface area contributed by atoms with Crippen LogP contribution in [0.4, 0.5) is 5.69 Å². The Balaban J connectivity index is 1.77. The molecular weight excluding hydrogens is 397 g/mol. The summed E-state index contributed by atoms with van der Waals surface area (Å²) in [5.74, 6) is -1.27. The third-order valence-corrected chi connectivity index (χ3v) is 4.99. The number of rotatable bonds is 7. The van der Waals surface area contributed by atoms with Crippen molar-refractivity contribution in [2.24, 2.45) is 0 Å². The van der Waals surface area contributed by atoms with Crippen LogP contribution < -0.4 is 5.32 Å². The number of ether oxygens (including phenoxy) is 1. The second-order valence-electron chi connectivity index (χ2n) is 5.58. The molecule has 2 aromatic rings. The van der Waals surface area contributed by atoms with Crippen LogP contribution in [-0.2, 0) is 14.3 Å². The molecule has 1 N–H and O–H groups in total. The Morgan fingerprint density at radius 2 is 1.85 bits per heavy atom. The number of nitrogens with one attached hydrogen (secondary N) is 1. The van der Waals surface area contributed by atoms with Gasteiger partial charge in [0.25, 0.3) is 5.91 Å².